The van der Waals surface area contributed by atoms with Gasteiger partial charge < -0.3 is 0 Å². The number of amidine groups is 1. The molecule has 0 aliphatic carbocycles. The quantitative estimate of drug-likeness (QED) is 0.739. The molecule has 1 aliphatic rings. The summed E-state index contributed by atoms with van der Waals surface area (Å²) in [7, 11) is -3.70. The number of aliphatic imine (C=N–C) groups is 1. The summed E-state index contributed by atoms with van der Waals surface area (Å²) in [5.41, 5.74) is 3.53. The SMILES string of the molecule is CC1=N/C(=C\c2ccc(C(C)C)cc2)C(=O)N1CCc1ccc(S(N)(=O)=O)cc1. The van der Waals surface area contributed by atoms with Crippen molar-refractivity contribution in [1.29, 1.82) is 0 Å². The van der Waals surface area contributed by atoms with Crippen LogP contribution in [0.5, 0.6) is 0 Å². The molecule has 0 unspecified atom stereocenters. The molecule has 0 aromatic heterocycles. The molecule has 0 bridgehead atoms. The predicted molar refractivity (Wildman–Crippen MR) is 115 cm³/mol. The van der Waals surface area contributed by atoms with Crippen LogP contribution in [0.1, 0.15) is 43.4 Å². The number of amides is 1. The molecule has 1 aliphatic heterocycles. The van der Waals surface area contributed by atoms with Crippen LogP contribution < -0.4 is 5.14 Å². The van der Waals surface area contributed by atoms with E-state index >= 15 is 0 Å². The van der Waals surface area contributed by atoms with Gasteiger partial charge in [0.15, 0.2) is 0 Å². The van der Waals surface area contributed by atoms with E-state index in [-0.39, 0.29) is 10.8 Å². The number of sulfonamides is 1. The Hall–Kier alpha value is -2.77. The van der Waals surface area contributed by atoms with E-state index in [1.54, 1.807) is 23.1 Å². The molecular weight excluding hydrogens is 386 g/mol. The summed E-state index contributed by atoms with van der Waals surface area (Å²) in [4.78, 5) is 18.9. The van der Waals surface area contributed by atoms with Crippen molar-refractivity contribution in [2.45, 2.75) is 38.0 Å². The highest BCUT2D eigenvalue weighted by Crippen LogP contribution is 2.21. The molecule has 29 heavy (non-hydrogen) atoms. The van der Waals surface area contributed by atoms with Crippen molar-refractivity contribution < 1.29 is 13.2 Å². The zero-order chi connectivity index (χ0) is 21.2. The molecule has 152 valence electrons. The molecule has 3 rings (SSSR count). The lowest BCUT2D eigenvalue weighted by Gasteiger charge is -2.15. The third-order valence-electron chi connectivity index (χ3n) is 4.92. The van der Waals surface area contributed by atoms with Gasteiger partial charge in [-0.2, -0.15) is 0 Å². The maximum Gasteiger partial charge on any atom is 0.277 e. The second kappa shape index (κ2) is 8.31. The van der Waals surface area contributed by atoms with Gasteiger partial charge in [-0.1, -0.05) is 50.2 Å². The number of hydrogen-bond donors (Lipinski definition) is 1. The lowest BCUT2D eigenvalue weighted by Crippen LogP contribution is -2.32. The molecule has 0 atom stereocenters. The lowest BCUT2D eigenvalue weighted by molar-refractivity contribution is -0.122. The van der Waals surface area contributed by atoms with Gasteiger partial charge >= 0.3 is 0 Å². The van der Waals surface area contributed by atoms with E-state index in [1.807, 2.05) is 19.1 Å². The summed E-state index contributed by atoms with van der Waals surface area (Å²) in [6.45, 7) is 6.56. The van der Waals surface area contributed by atoms with Crippen molar-refractivity contribution in [3.8, 4) is 0 Å². The van der Waals surface area contributed by atoms with Crippen LogP contribution in [0.4, 0.5) is 0 Å². The largest absolute Gasteiger partial charge is 0.295 e. The Labute approximate surface area is 171 Å². The van der Waals surface area contributed by atoms with E-state index < -0.39 is 10.0 Å². The molecule has 6 nitrogen and oxygen atoms in total. The first-order chi connectivity index (χ1) is 13.6. The summed E-state index contributed by atoms with van der Waals surface area (Å²) < 4.78 is 22.7. The Morgan fingerprint density at radius 1 is 1.07 bits per heavy atom. The van der Waals surface area contributed by atoms with Crippen LogP contribution in [0.3, 0.4) is 0 Å². The van der Waals surface area contributed by atoms with Gasteiger partial charge in [-0.05, 0) is 54.2 Å². The first-order valence-corrected chi connectivity index (χ1v) is 11.0. The highest BCUT2D eigenvalue weighted by Gasteiger charge is 2.27. The van der Waals surface area contributed by atoms with Crippen LogP contribution >= 0.6 is 0 Å². The van der Waals surface area contributed by atoms with E-state index in [2.05, 4.69) is 31.0 Å². The minimum absolute atomic E-state index is 0.0740. The van der Waals surface area contributed by atoms with Gasteiger partial charge in [0.05, 0.1) is 4.90 Å². The van der Waals surface area contributed by atoms with Crippen LogP contribution in [-0.4, -0.2) is 31.6 Å². The molecule has 2 aromatic rings. The summed E-state index contributed by atoms with van der Waals surface area (Å²) in [5.74, 6) is 0.984. The van der Waals surface area contributed by atoms with E-state index in [4.69, 9.17) is 5.14 Å². The fourth-order valence-corrected chi connectivity index (χ4v) is 3.66. The monoisotopic (exact) mass is 411 g/mol. The second-order valence-electron chi connectivity index (χ2n) is 7.41. The highest BCUT2D eigenvalue weighted by molar-refractivity contribution is 7.89. The molecule has 0 saturated carbocycles. The number of nitrogens with two attached hydrogens (primary N) is 1. The summed E-state index contributed by atoms with van der Waals surface area (Å²) >= 11 is 0. The molecular formula is C22H25N3O3S. The summed E-state index contributed by atoms with van der Waals surface area (Å²) in [6, 6.07) is 14.5. The minimum Gasteiger partial charge on any atom is -0.295 e. The van der Waals surface area contributed by atoms with Crippen molar-refractivity contribution in [1.82, 2.24) is 4.90 Å². The average molecular weight is 412 g/mol. The smallest absolute Gasteiger partial charge is 0.277 e. The first-order valence-electron chi connectivity index (χ1n) is 9.45. The van der Waals surface area contributed by atoms with Gasteiger partial charge in [0.2, 0.25) is 10.0 Å². The molecule has 0 saturated heterocycles. The Morgan fingerprint density at radius 2 is 1.69 bits per heavy atom. The fourth-order valence-electron chi connectivity index (χ4n) is 3.15. The molecule has 0 spiro atoms. The topological polar surface area (TPSA) is 92.8 Å². The standard InChI is InChI=1S/C22H25N3O3S/c1-15(2)19-8-4-18(5-9-19)14-21-22(26)25(16(3)24-21)13-12-17-6-10-20(11-7-17)29(23,27)28/h4-11,14-15H,12-13H2,1-3H3,(H2,23,27,28)/b21-14-. The van der Waals surface area contributed by atoms with Crippen molar-refractivity contribution in [3.63, 3.8) is 0 Å². The van der Waals surface area contributed by atoms with Gasteiger partial charge in [-0.15, -0.1) is 0 Å². The second-order valence-corrected chi connectivity index (χ2v) is 8.97. The van der Waals surface area contributed by atoms with E-state index in [1.165, 1.54) is 17.7 Å². The normalized spacial score (nSPS) is 16.0. The van der Waals surface area contributed by atoms with Crippen LogP contribution in [0, 0.1) is 0 Å². The number of carbonyl (C=O) groups excluding carboxylic acids is 1. The van der Waals surface area contributed by atoms with Crippen LogP contribution in [0.25, 0.3) is 6.08 Å². The number of rotatable bonds is 6. The molecule has 1 heterocycles. The summed E-state index contributed by atoms with van der Waals surface area (Å²) in [5, 5.41) is 5.12. The number of carbonyl (C=O) groups is 1. The third-order valence-corrected chi connectivity index (χ3v) is 5.85. The van der Waals surface area contributed by atoms with Crippen LogP contribution in [0.15, 0.2) is 64.1 Å². The zero-order valence-corrected chi connectivity index (χ0v) is 17.6. The van der Waals surface area contributed by atoms with Crippen molar-refractivity contribution >= 4 is 27.8 Å². The first kappa shape index (κ1) is 21.0. The molecule has 7 heteroatoms. The maximum absolute atomic E-state index is 12.7. The molecule has 1 amide bonds. The van der Waals surface area contributed by atoms with E-state index in [0.29, 0.717) is 30.4 Å². The third kappa shape index (κ3) is 4.99. The van der Waals surface area contributed by atoms with Crippen LogP contribution in [-0.2, 0) is 21.2 Å². The average Bonchev–Trinajstić information content (AvgIpc) is 2.93. The van der Waals surface area contributed by atoms with Gasteiger partial charge in [0.25, 0.3) is 5.91 Å². The Kier molecular flexibility index (Phi) is 6.00. The highest BCUT2D eigenvalue weighted by atomic mass is 32.2. The Balaban J connectivity index is 1.68. The van der Waals surface area contributed by atoms with Gasteiger partial charge in [-0.25, -0.2) is 18.5 Å². The molecule has 2 aromatic carbocycles. The van der Waals surface area contributed by atoms with E-state index in [9.17, 15) is 13.2 Å². The molecule has 0 fully saturated rings. The summed E-state index contributed by atoms with van der Waals surface area (Å²) in [6.07, 6.45) is 2.39. The van der Waals surface area contributed by atoms with Crippen molar-refractivity contribution in [2.24, 2.45) is 10.1 Å². The molecule has 2 N–H and O–H groups in total. The maximum atomic E-state index is 12.7. The van der Waals surface area contributed by atoms with E-state index in [0.717, 1.165) is 11.1 Å². The van der Waals surface area contributed by atoms with Crippen LogP contribution in [0.2, 0.25) is 0 Å². The Morgan fingerprint density at radius 3 is 2.24 bits per heavy atom. The van der Waals surface area contributed by atoms with Gasteiger partial charge in [0.1, 0.15) is 11.5 Å². The number of nitrogens with zero attached hydrogens (tertiary/aromatic N) is 2. The van der Waals surface area contributed by atoms with Gasteiger partial charge in [-0.3, -0.25) is 9.69 Å². The van der Waals surface area contributed by atoms with Gasteiger partial charge in [0, 0.05) is 6.54 Å². The fraction of sp³-hybridized carbons (Fsp3) is 0.273. The minimum atomic E-state index is -3.70. The van der Waals surface area contributed by atoms with Crippen molar-refractivity contribution in [3.05, 3.63) is 70.9 Å². The lowest BCUT2D eigenvalue weighted by atomic mass is 10.0. The Bertz CT molecular complexity index is 1070. The predicted octanol–water partition coefficient (Wildman–Crippen LogP) is 3.30. The molecule has 0 radical (unpaired) electrons. The zero-order valence-electron chi connectivity index (χ0n) is 16.8. The number of benzene rings is 2. The van der Waals surface area contributed by atoms with Crippen molar-refractivity contribution in [2.75, 3.05) is 6.54 Å². The number of primary sulfonamides is 1. The number of hydrogen-bond acceptors (Lipinski definition) is 4.